The lowest BCUT2D eigenvalue weighted by molar-refractivity contribution is 0.411. The van der Waals surface area contributed by atoms with E-state index in [1.54, 1.807) is 73.7 Å². The Bertz CT molecular complexity index is 9630. The largest absolute Gasteiger partial charge is 0.505 e. The summed E-state index contributed by atoms with van der Waals surface area (Å²) in [5, 5.41) is 55.5. The lowest BCUT2D eigenvalue weighted by atomic mass is 10.1. The quantitative estimate of drug-likeness (QED) is 0.0469. The number of aromatic amines is 2. The first kappa shape index (κ1) is 101. The molecular formula is C98H60Cl5F8N11O17S6. The second-order valence-electron chi connectivity index (χ2n) is 31.6. The molecule has 0 aliphatic carbocycles. The summed E-state index contributed by atoms with van der Waals surface area (Å²) in [4.78, 5) is 40.0. The lowest BCUT2D eigenvalue weighted by Gasteiger charge is -2.14. The number of nitrogens with one attached hydrogen (secondary N) is 2. The summed E-state index contributed by atoms with van der Waals surface area (Å²) in [6.07, 6.45) is 8.79. The Morgan fingerprint density at radius 2 is 0.717 bits per heavy atom. The Morgan fingerprint density at radius 1 is 0.331 bits per heavy atom. The number of aromatic nitrogens is 11. The molecule has 736 valence electrons. The van der Waals surface area contributed by atoms with E-state index in [1.807, 2.05) is 67.6 Å². The molecule has 0 saturated carbocycles. The number of phenols is 5. The van der Waals surface area contributed by atoms with Crippen LogP contribution in [0.1, 0.15) is 11.3 Å². The van der Waals surface area contributed by atoms with E-state index in [1.165, 1.54) is 107 Å². The molecule has 0 unspecified atom stereocenters. The van der Waals surface area contributed by atoms with Crippen LogP contribution in [0, 0.1) is 60.4 Å². The molecule has 0 atom stereocenters. The second-order valence-corrected chi connectivity index (χ2v) is 43.6. The van der Waals surface area contributed by atoms with Crippen molar-refractivity contribution in [2.24, 2.45) is 0 Å². The van der Waals surface area contributed by atoms with Gasteiger partial charge in [0.2, 0.25) is 0 Å². The summed E-state index contributed by atoms with van der Waals surface area (Å²) in [6, 6.07) is 56.5. The zero-order valence-electron chi connectivity index (χ0n) is 73.2. The molecule has 0 spiro atoms. The molecule has 21 aromatic rings. The van der Waals surface area contributed by atoms with Crippen LogP contribution in [0.5, 0.6) is 28.7 Å². The van der Waals surface area contributed by atoms with Crippen molar-refractivity contribution in [1.29, 1.82) is 0 Å². The molecule has 0 amide bonds. The molecule has 21 rings (SSSR count). The van der Waals surface area contributed by atoms with E-state index in [0.717, 1.165) is 51.9 Å². The number of benzene rings is 12. The summed E-state index contributed by atoms with van der Waals surface area (Å²) in [5.74, 6) is -15.4. The van der Waals surface area contributed by atoms with Crippen molar-refractivity contribution in [2.75, 3.05) is 0 Å². The molecule has 0 radical (unpaired) electrons. The van der Waals surface area contributed by atoms with Crippen LogP contribution in [0.4, 0.5) is 35.1 Å². The molecular weight excluding hydrogens is 2120 g/mol. The second kappa shape index (κ2) is 39.5. The monoisotopic (exact) mass is 2180 g/mol. The molecule has 145 heavy (non-hydrogen) atoms. The fourth-order valence-corrected chi connectivity index (χ4v) is 26.1. The maximum Gasteiger partial charge on any atom is 0.344 e. The minimum Gasteiger partial charge on any atom is -0.505 e. The number of H-pyrrole nitrogens is 2. The first-order chi connectivity index (χ1) is 68.7. The number of thiophene rings is 1. The fourth-order valence-electron chi connectivity index (χ4n) is 15.8. The fraction of sp³-hybridized carbons (Fsp3) is 0.0204. The Hall–Kier alpha value is -15.2. The van der Waals surface area contributed by atoms with Crippen molar-refractivity contribution in [3.8, 4) is 84.2 Å². The smallest absolute Gasteiger partial charge is 0.344 e. The first-order valence-electron chi connectivity index (χ1n) is 41.4. The molecule has 7 N–H and O–H groups in total. The van der Waals surface area contributed by atoms with Crippen LogP contribution in [0.2, 0.25) is 25.1 Å². The number of hydrogen-bond acceptors (Lipinski definition) is 22. The van der Waals surface area contributed by atoms with Crippen molar-refractivity contribution < 1.29 is 103 Å². The van der Waals surface area contributed by atoms with Crippen molar-refractivity contribution in [1.82, 2.24) is 49.8 Å². The van der Waals surface area contributed by atoms with Crippen LogP contribution < -0.4 is 11.2 Å². The maximum absolute atomic E-state index is 14.0. The Balaban J connectivity index is 0.000000124. The van der Waals surface area contributed by atoms with Crippen LogP contribution in [0.3, 0.4) is 0 Å². The number of aryl methyl sites for hydroxylation is 2. The van der Waals surface area contributed by atoms with Crippen LogP contribution >= 0.6 is 69.3 Å². The zero-order valence-corrected chi connectivity index (χ0v) is 81.8. The highest BCUT2D eigenvalue weighted by molar-refractivity contribution is 7.91. The van der Waals surface area contributed by atoms with Crippen LogP contribution in [-0.2, 0) is 50.1 Å². The van der Waals surface area contributed by atoms with Crippen LogP contribution in [0.25, 0.3) is 120 Å². The van der Waals surface area contributed by atoms with E-state index in [2.05, 4.69) is 29.9 Å². The number of halogens is 13. The number of aromatic hydroxyl groups is 5. The van der Waals surface area contributed by atoms with Gasteiger partial charge in [-0.2, -0.15) is 0 Å². The van der Waals surface area contributed by atoms with E-state index in [4.69, 9.17) is 58.0 Å². The maximum atomic E-state index is 14.0. The third-order valence-electron chi connectivity index (χ3n) is 22.2. The van der Waals surface area contributed by atoms with Crippen LogP contribution in [-0.4, -0.2) is 117 Å². The van der Waals surface area contributed by atoms with Gasteiger partial charge < -0.3 is 35.5 Å². The van der Waals surface area contributed by atoms with Gasteiger partial charge in [-0.3, -0.25) is 4.79 Å². The molecule has 0 fully saturated rings. The molecule has 47 heteroatoms. The number of hydrogen-bond donors (Lipinski definition) is 7. The van der Waals surface area contributed by atoms with Gasteiger partial charge in [-0.1, -0.05) is 118 Å². The number of fused-ring (bicyclic) bond motifs is 6. The van der Waals surface area contributed by atoms with E-state index >= 15 is 0 Å². The number of phenolic OH excluding ortho intramolecular Hbond substituents is 5. The first-order valence-corrected chi connectivity index (χ1v) is 51.4. The van der Waals surface area contributed by atoms with Crippen molar-refractivity contribution in [2.45, 2.75) is 38.3 Å². The van der Waals surface area contributed by atoms with E-state index in [9.17, 15) is 112 Å². The molecule has 0 aliphatic heterocycles. The standard InChI is InChI=1S/C22H12ClF2NO3S2.C21H15Cl2NO3S.C19H13F2N3O3S.2C18H10ClF2N3O4S/c23-14-5-6-17-13(7-14)8-18(20-9-12-3-1-2-4-19(12)30-20)26(17)31(28,29)21-11-15(24)10-16(25)22(21)27;1-13-9-16-10-17(22)7-8-19(16)24(13)28(26,27)20-12-15(11-18(23)21(20)25)14-5-3-2-4-6-14;1-11-2-3-16-12(4-11)5-17(13-8-22-10-23-9-13)24(16)28(26,27)18-7-14(20)6-15(21)19(18)25;19-11-1-2-14-9(3-11)4-15(10-7-22-18(26)23-8-10)24(14)29(27,28)16-6-12(20)5-13(21)17(16)25;19-10-1-2-14-9(3-10)4-15(12-7-22-8-23-18(12)26)24(14)29(27,28)16-6-11(20)5-13(21)17(16)25/h1-11,27H;2-12,25H,1H3;2-10,25H,1H3;2*1-8,25H,(H,22,23,26). The Morgan fingerprint density at radius 3 is 1.17 bits per heavy atom. The van der Waals surface area contributed by atoms with Crippen molar-refractivity contribution in [3.05, 3.63) is 390 Å². The van der Waals surface area contributed by atoms with Gasteiger partial charge in [-0.25, -0.2) is 122 Å². The van der Waals surface area contributed by atoms with Crippen LogP contribution in [0.15, 0.2) is 320 Å². The third-order valence-corrected chi connectivity index (χ3v) is 33.3. The van der Waals surface area contributed by atoms with Gasteiger partial charge in [0.15, 0.2) is 52.0 Å². The van der Waals surface area contributed by atoms with Gasteiger partial charge in [0, 0.05) is 124 Å². The van der Waals surface area contributed by atoms with Gasteiger partial charge in [-0.15, -0.1) is 11.3 Å². The molecule has 28 nitrogen and oxygen atoms in total. The topological polar surface area (TPSA) is 414 Å². The van der Waals surface area contributed by atoms with E-state index in [0.29, 0.717) is 132 Å². The number of nitrogens with zero attached hydrogens (tertiary/aromatic N) is 9. The molecule has 9 aromatic heterocycles. The third kappa shape index (κ3) is 19.5. The minimum atomic E-state index is -4.74. The predicted octanol–water partition coefficient (Wildman–Crippen LogP) is 22.4. The highest BCUT2D eigenvalue weighted by Gasteiger charge is 2.37. The summed E-state index contributed by atoms with van der Waals surface area (Å²) >= 11 is 31.6. The SMILES string of the molecule is Cc1cc2cc(Cl)ccc2n1S(=O)(=O)c1cc(-c2ccccc2)cc(Cl)c1O.Cc1ccc2c(c1)cc(-c1cncnc1)n2S(=O)(=O)c1cc(F)cc(F)c1O.O=S(=O)(c1cc(F)cc(F)c1O)n1c(-c2cc3ccccc3s2)cc2cc(Cl)ccc21.O=c1[nH]cncc1-c1cc2cc(Cl)ccc2n1S(=O)(=O)c1cc(F)cc(F)c1O.O=c1ncc(-c2cc3cc(Cl)ccc3n2S(=O)(=O)c2cc(F)cc(F)c2O)c[nH]1. The molecule has 12 aromatic carbocycles. The van der Waals surface area contributed by atoms with Crippen molar-refractivity contribution in [3.63, 3.8) is 0 Å². The van der Waals surface area contributed by atoms with E-state index in [-0.39, 0.29) is 60.2 Å². The lowest BCUT2D eigenvalue weighted by Crippen LogP contribution is -2.18. The highest BCUT2D eigenvalue weighted by Crippen LogP contribution is 2.46. The number of rotatable bonds is 15. The minimum absolute atomic E-state index is 0.0305. The summed E-state index contributed by atoms with van der Waals surface area (Å²) < 4.78 is 250. The Kier molecular flexibility index (Phi) is 27.6. The summed E-state index contributed by atoms with van der Waals surface area (Å²) in [6.45, 7) is 3.54. The predicted molar refractivity (Wildman–Crippen MR) is 532 cm³/mol. The van der Waals surface area contributed by atoms with Gasteiger partial charge in [0.1, 0.15) is 54.1 Å². The van der Waals surface area contributed by atoms with Gasteiger partial charge >= 0.3 is 5.69 Å². The average Bonchev–Trinajstić information content (AvgIpc) is 1.55. The molecule has 9 heterocycles. The average molecular weight is 2190 g/mol. The Labute approximate surface area is 842 Å². The van der Waals surface area contributed by atoms with E-state index < -0.39 is 156 Å². The summed E-state index contributed by atoms with van der Waals surface area (Å²) in [5.41, 5.74) is 3.63. The molecule has 0 aliphatic rings. The van der Waals surface area contributed by atoms with Gasteiger partial charge in [0.05, 0.1) is 72.1 Å². The molecule has 0 bridgehead atoms. The highest BCUT2D eigenvalue weighted by atomic mass is 35.5. The zero-order chi connectivity index (χ0) is 104. The summed E-state index contributed by atoms with van der Waals surface area (Å²) in [7, 11) is -22.7. The van der Waals surface area contributed by atoms with Gasteiger partial charge in [-0.05, 0) is 194 Å². The van der Waals surface area contributed by atoms with Gasteiger partial charge in [0.25, 0.3) is 55.7 Å². The van der Waals surface area contributed by atoms with Crippen molar-refractivity contribution >= 4 is 184 Å². The molecule has 0 saturated heterocycles. The normalized spacial score (nSPS) is 11.9.